The number of benzene rings is 2. The lowest BCUT2D eigenvalue weighted by molar-refractivity contribution is -0.139. The van der Waals surface area contributed by atoms with E-state index in [1.807, 2.05) is 36.4 Å². The Kier molecular flexibility index (Phi) is 5.93. The Morgan fingerprint density at radius 3 is 2.71 bits per heavy atom. The van der Waals surface area contributed by atoms with Crippen LogP contribution in [0.4, 0.5) is 0 Å². The summed E-state index contributed by atoms with van der Waals surface area (Å²) < 4.78 is 5.26. The molecule has 2 heterocycles. The summed E-state index contributed by atoms with van der Waals surface area (Å²) in [5, 5.41) is 2.35. The molecule has 2 aromatic carbocycles. The molecule has 7 nitrogen and oxygen atoms in total. The van der Waals surface area contributed by atoms with Crippen LogP contribution in [0.5, 0.6) is 0 Å². The monoisotopic (exact) mass is 418 g/mol. The summed E-state index contributed by atoms with van der Waals surface area (Å²) in [5.74, 6) is -1.48. The summed E-state index contributed by atoms with van der Waals surface area (Å²) in [6.45, 7) is 0.429. The largest absolute Gasteiger partial charge is 0.458 e. The van der Waals surface area contributed by atoms with Crippen molar-refractivity contribution in [3.05, 3.63) is 76.9 Å². The second kappa shape index (κ2) is 8.95. The predicted molar refractivity (Wildman–Crippen MR) is 112 cm³/mol. The van der Waals surface area contributed by atoms with Gasteiger partial charge in [-0.3, -0.25) is 19.7 Å². The maximum atomic E-state index is 12.9. The summed E-state index contributed by atoms with van der Waals surface area (Å²) in [6, 6.07) is 14.0. The summed E-state index contributed by atoms with van der Waals surface area (Å²) in [5.41, 5.74) is 2.87. The van der Waals surface area contributed by atoms with Gasteiger partial charge in [0.15, 0.2) is 0 Å². The number of hydrogen-bond acceptors (Lipinski definition) is 5. The molecule has 0 bridgehead atoms. The van der Waals surface area contributed by atoms with Crippen molar-refractivity contribution < 1.29 is 23.9 Å². The van der Waals surface area contributed by atoms with Gasteiger partial charge in [-0.25, -0.2) is 4.79 Å². The minimum absolute atomic E-state index is 0.179. The summed E-state index contributed by atoms with van der Waals surface area (Å²) in [4.78, 5) is 50.5. The number of nitrogens with one attached hydrogen (secondary N) is 1. The Bertz CT molecular complexity index is 1060. The zero-order valence-electron chi connectivity index (χ0n) is 16.9. The minimum atomic E-state index is -0.681. The molecule has 0 aromatic heterocycles. The lowest BCUT2D eigenvalue weighted by atomic mass is 10.0. The van der Waals surface area contributed by atoms with Crippen molar-refractivity contribution in [2.45, 2.75) is 38.5 Å². The Morgan fingerprint density at radius 1 is 1.10 bits per heavy atom. The van der Waals surface area contributed by atoms with Gasteiger partial charge in [0.25, 0.3) is 5.91 Å². The van der Waals surface area contributed by atoms with E-state index in [1.165, 1.54) is 11.0 Å². The molecule has 1 fully saturated rings. The number of carbonyl (C=O) groups excluding carboxylic acids is 4. The van der Waals surface area contributed by atoms with Crippen molar-refractivity contribution in [1.29, 1.82) is 0 Å². The van der Waals surface area contributed by atoms with E-state index in [4.69, 9.17) is 4.74 Å². The molecule has 0 saturated carbocycles. The average molecular weight is 418 g/mol. The molecule has 0 radical (unpaired) electrons. The van der Waals surface area contributed by atoms with Crippen molar-refractivity contribution in [1.82, 2.24) is 10.2 Å². The molecule has 0 spiro atoms. The van der Waals surface area contributed by atoms with E-state index < -0.39 is 17.9 Å². The summed E-state index contributed by atoms with van der Waals surface area (Å²) in [6.07, 6.45) is 4.22. The highest BCUT2D eigenvalue weighted by Crippen LogP contribution is 2.30. The zero-order valence-corrected chi connectivity index (χ0v) is 16.9. The van der Waals surface area contributed by atoms with Crippen molar-refractivity contribution in [3.8, 4) is 0 Å². The molecule has 2 aliphatic rings. The van der Waals surface area contributed by atoms with Crippen LogP contribution < -0.4 is 5.32 Å². The number of carbonyl (C=O) groups is 4. The van der Waals surface area contributed by atoms with Gasteiger partial charge >= 0.3 is 5.97 Å². The van der Waals surface area contributed by atoms with Crippen LogP contribution in [0.1, 0.15) is 46.3 Å². The number of rotatable bonds is 5. The topological polar surface area (TPSA) is 92.8 Å². The van der Waals surface area contributed by atoms with Crippen molar-refractivity contribution >= 4 is 29.8 Å². The second-order valence-corrected chi connectivity index (χ2v) is 7.55. The lowest BCUT2D eigenvalue weighted by Gasteiger charge is -2.24. The van der Waals surface area contributed by atoms with Gasteiger partial charge in [-0.2, -0.15) is 0 Å². The van der Waals surface area contributed by atoms with Gasteiger partial charge in [-0.1, -0.05) is 42.5 Å². The first kappa shape index (κ1) is 20.5. The van der Waals surface area contributed by atoms with E-state index in [-0.39, 0.29) is 31.4 Å². The van der Waals surface area contributed by atoms with Crippen LogP contribution in [0.15, 0.2) is 54.6 Å². The van der Waals surface area contributed by atoms with Crippen molar-refractivity contribution in [2.24, 2.45) is 0 Å². The fourth-order valence-corrected chi connectivity index (χ4v) is 3.89. The Labute approximate surface area is 179 Å². The van der Waals surface area contributed by atoms with E-state index in [1.54, 1.807) is 18.2 Å². The number of fused-ring (bicyclic) bond motifs is 1. The average Bonchev–Trinajstić information content (AvgIpc) is 3.01. The molecular weight excluding hydrogens is 396 g/mol. The zero-order chi connectivity index (χ0) is 21.8. The van der Waals surface area contributed by atoms with Crippen LogP contribution in [-0.4, -0.2) is 34.6 Å². The first-order chi connectivity index (χ1) is 15.0. The molecule has 7 heteroatoms. The van der Waals surface area contributed by atoms with E-state index in [2.05, 4.69) is 5.32 Å². The van der Waals surface area contributed by atoms with Crippen LogP contribution in [0.3, 0.4) is 0 Å². The van der Waals surface area contributed by atoms with E-state index in [0.717, 1.165) is 16.7 Å². The van der Waals surface area contributed by atoms with Gasteiger partial charge < -0.3 is 9.64 Å². The first-order valence-corrected chi connectivity index (χ1v) is 10.2. The standard InChI is InChI=1S/C24H22N2O5/c27-21-11-5-10-20(23(29)25-21)26-14-19-17(8-4-9-18(19)24(26)30)12-13-22(28)31-15-16-6-2-1-3-7-16/h1-4,6-9,12-13,20H,5,10-11,14-15H2,(H,25,27,29)/b13-12+/t20-/m0/s1. The smallest absolute Gasteiger partial charge is 0.331 e. The van der Waals surface area contributed by atoms with Gasteiger partial charge in [0.2, 0.25) is 11.8 Å². The predicted octanol–water partition coefficient (Wildman–Crippen LogP) is 2.59. The van der Waals surface area contributed by atoms with Gasteiger partial charge in [-0.05, 0) is 41.7 Å². The van der Waals surface area contributed by atoms with Gasteiger partial charge in [0.1, 0.15) is 12.6 Å². The highest BCUT2D eigenvalue weighted by molar-refractivity contribution is 6.05. The molecule has 2 aromatic rings. The Hall–Kier alpha value is -3.74. The molecule has 0 unspecified atom stereocenters. The first-order valence-electron chi connectivity index (χ1n) is 10.2. The molecule has 158 valence electrons. The highest BCUT2D eigenvalue weighted by Gasteiger charge is 2.38. The van der Waals surface area contributed by atoms with E-state index >= 15 is 0 Å². The lowest BCUT2D eigenvalue weighted by Crippen LogP contribution is -2.46. The number of ether oxygens (including phenoxy) is 1. The second-order valence-electron chi connectivity index (χ2n) is 7.55. The minimum Gasteiger partial charge on any atom is -0.458 e. The molecule has 1 N–H and O–H groups in total. The Balaban J connectivity index is 1.47. The molecule has 31 heavy (non-hydrogen) atoms. The molecule has 4 rings (SSSR count). The number of amides is 3. The molecule has 1 atom stereocenters. The number of esters is 1. The van der Waals surface area contributed by atoms with Gasteiger partial charge in [0, 0.05) is 24.6 Å². The fourth-order valence-electron chi connectivity index (χ4n) is 3.89. The third kappa shape index (κ3) is 4.55. The van der Waals surface area contributed by atoms with Crippen LogP contribution in [0, 0.1) is 0 Å². The third-order valence-electron chi connectivity index (χ3n) is 5.48. The van der Waals surface area contributed by atoms with Crippen molar-refractivity contribution in [3.63, 3.8) is 0 Å². The number of imide groups is 1. The molecule has 2 aliphatic heterocycles. The maximum absolute atomic E-state index is 12.9. The van der Waals surface area contributed by atoms with Crippen LogP contribution in [-0.2, 0) is 32.3 Å². The van der Waals surface area contributed by atoms with Gasteiger partial charge in [0.05, 0.1) is 0 Å². The summed E-state index contributed by atoms with van der Waals surface area (Å²) in [7, 11) is 0. The molecule has 3 amide bonds. The highest BCUT2D eigenvalue weighted by atomic mass is 16.5. The summed E-state index contributed by atoms with van der Waals surface area (Å²) >= 11 is 0. The van der Waals surface area contributed by atoms with Gasteiger partial charge in [-0.15, -0.1) is 0 Å². The third-order valence-corrected chi connectivity index (χ3v) is 5.48. The SMILES string of the molecule is O=C1CCC[C@H](N2Cc3c(/C=C/C(=O)OCc4ccccc4)cccc3C2=O)C(=O)N1. The number of nitrogens with zero attached hydrogens (tertiary/aromatic N) is 1. The Morgan fingerprint density at radius 2 is 1.90 bits per heavy atom. The maximum Gasteiger partial charge on any atom is 0.331 e. The van der Waals surface area contributed by atoms with E-state index in [0.29, 0.717) is 18.4 Å². The van der Waals surface area contributed by atoms with E-state index in [9.17, 15) is 19.2 Å². The van der Waals surface area contributed by atoms with Crippen LogP contribution in [0.2, 0.25) is 0 Å². The van der Waals surface area contributed by atoms with Crippen LogP contribution in [0.25, 0.3) is 6.08 Å². The molecular formula is C24H22N2O5. The van der Waals surface area contributed by atoms with Crippen LogP contribution >= 0.6 is 0 Å². The molecule has 0 aliphatic carbocycles. The number of hydrogen-bond donors (Lipinski definition) is 1. The molecule has 1 saturated heterocycles. The normalized spacial score (nSPS) is 18.6. The fraction of sp³-hybridized carbons (Fsp3) is 0.250. The van der Waals surface area contributed by atoms with Crippen molar-refractivity contribution in [2.75, 3.05) is 0 Å². The quantitative estimate of drug-likeness (QED) is 0.458.